The van der Waals surface area contributed by atoms with Crippen molar-refractivity contribution in [1.82, 2.24) is 5.32 Å². The summed E-state index contributed by atoms with van der Waals surface area (Å²) in [7, 11) is 1.64. The molecule has 19 heavy (non-hydrogen) atoms. The molecule has 0 radical (unpaired) electrons. The SMILES string of the molecule is CC#CCOc1c(Br)cc(CNC(C)C)cc1OC. The van der Waals surface area contributed by atoms with Gasteiger partial charge in [0, 0.05) is 12.6 Å². The van der Waals surface area contributed by atoms with E-state index in [2.05, 4.69) is 46.9 Å². The van der Waals surface area contributed by atoms with Gasteiger partial charge in [0.25, 0.3) is 0 Å². The largest absolute Gasteiger partial charge is 0.493 e. The molecule has 0 aliphatic carbocycles. The topological polar surface area (TPSA) is 30.5 Å². The molecule has 0 fully saturated rings. The van der Waals surface area contributed by atoms with E-state index >= 15 is 0 Å². The molecule has 1 aromatic carbocycles. The predicted molar refractivity (Wildman–Crippen MR) is 81.6 cm³/mol. The molecule has 1 aromatic rings. The standard InChI is InChI=1S/C15H20BrNO2/c1-5-6-7-19-15-13(16)8-12(9-14(15)18-4)10-17-11(2)3/h8-9,11,17H,7,10H2,1-4H3. The van der Waals surface area contributed by atoms with Crippen molar-refractivity contribution in [2.75, 3.05) is 13.7 Å². The van der Waals surface area contributed by atoms with Gasteiger partial charge in [-0.15, -0.1) is 5.92 Å². The van der Waals surface area contributed by atoms with Crippen LogP contribution in [0.4, 0.5) is 0 Å². The molecule has 0 aliphatic heterocycles. The van der Waals surface area contributed by atoms with Crippen LogP contribution < -0.4 is 14.8 Å². The molecule has 4 heteroatoms. The average Bonchev–Trinajstić information content (AvgIpc) is 2.38. The van der Waals surface area contributed by atoms with Crippen molar-refractivity contribution < 1.29 is 9.47 Å². The minimum atomic E-state index is 0.356. The summed E-state index contributed by atoms with van der Waals surface area (Å²) in [4.78, 5) is 0. The van der Waals surface area contributed by atoms with Crippen LogP contribution in [0.3, 0.4) is 0 Å². The molecule has 0 spiro atoms. The Bertz CT molecular complexity index is 475. The van der Waals surface area contributed by atoms with Crippen molar-refractivity contribution in [3.8, 4) is 23.3 Å². The Hall–Kier alpha value is -1.18. The van der Waals surface area contributed by atoms with E-state index in [1.807, 2.05) is 12.1 Å². The first-order valence-electron chi connectivity index (χ1n) is 6.20. The summed E-state index contributed by atoms with van der Waals surface area (Å²) in [5.41, 5.74) is 1.14. The third-order valence-electron chi connectivity index (χ3n) is 2.47. The maximum Gasteiger partial charge on any atom is 0.176 e. The Morgan fingerprint density at radius 3 is 2.68 bits per heavy atom. The summed E-state index contributed by atoms with van der Waals surface area (Å²) in [6.07, 6.45) is 0. The highest BCUT2D eigenvalue weighted by Crippen LogP contribution is 2.36. The van der Waals surface area contributed by atoms with Gasteiger partial charge in [0.05, 0.1) is 11.6 Å². The lowest BCUT2D eigenvalue weighted by molar-refractivity contribution is 0.328. The van der Waals surface area contributed by atoms with Crippen molar-refractivity contribution in [2.24, 2.45) is 0 Å². The molecule has 0 heterocycles. The summed E-state index contributed by atoms with van der Waals surface area (Å²) in [6, 6.07) is 4.46. The number of hydrogen-bond donors (Lipinski definition) is 1. The lowest BCUT2D eigenvalue weighted by Gasteiger charge is -2.14. The normalized spacial score (nSPS) is 10.0. The predicted octanol–water partition coefficient (Wildman–Crippen LogP) is 3.36. The fourth-order valence-corrected chi connectivity index (χ4v) is 2.12. The Labute approximate surface area is 123 Å². The summed E-state index contributed by atoms with van der Waals surface area (Å²) in [6.45, 7) is 7.17. The van der Waals surface area contributed by atoms with Crippen molar-refractivity contribution in [2.45, 2.75) is 33.4 Å². The Balaban J connectivity index is 2.89. The second kappa shape index (κ2) is 8.08. The van der Waals surface area contributed by atoms with Crippen LogP contribution in [0.5, 0.6) is 11.5 Å². The van der Waals surface area contributed by atoms with Crippen LogP contribution in [0.25, 0.3) is 0 Å². The van der Waals surface area contributed by atoms with Gasteiger partial charge >= 0.3 is 0 Å². The van der Waals surface area contributed by atoms with Crippen molar-refractivity contribution in [3.05, 3.63) is 22.2 Å². The molecule has 0 saturated heterocycles. The fraction of sp³-hybridized carbons (Fsp3) is 0.467. The van der Waals surface area contributed by atoms with E-state index in [1.165, 1.54) is 0 Å². The van der Waals surface area contributed by atoms with Gasteiger partial charge in [-0.05, 0) is 40.5 Å². The van der Waals surface area contributed by atoms with E-state index in [0.29, 0.717) is 24.1 Å². The number of nitrogens with one attached hydrogen (secondary N) is 1. The van der Waals surface area contributed by atoms with Gasteiger partial charge in [-0.1, -0.05) is 19.8 Å². The first kappa shape index (κ1) is 15.9. The van der Waals surface area contributed by atoms with Gasteiger partial charge in [0.1, 0.15) is 6.61 Å². The second-order valence-corrected chi connectivity index (χ2v) is 5.21. The number of methoxy groups -OCH3 is 1. The third-order valence-corrected chi connectivity index (χ3v) is 3.06. The number of benzene rings is 1. The number of hydrogen-bond acceptors (Lipinski definition) is 3. The zero-order valence-corrected chi connectivity index (χ0v) is 13.4. The van der Waals surface area contributed by atoms with E-state index < -0.39 is 0 Å². The zero-order chi connectivity index (χ0) is 14.3. The molecule has 0 unspecified atom stereocenters. The maximum atomic E-state index is 5.61. The summed E-state index contributed by atoms with van der Waals surface area (Å²) in [5, 5.41) is 3.37. The van der Waals surface area contributed by atoms with Crippen LogP contribution in [-0.4, -0.2) is 19.8 Å². The van der Waals surface area contributed by atoms with Crippen molar-refractivity contribution in [1.29, 1.82) is 0 Å². The Kier molecular flexibility index (Phi) is 6.75. The second-order valence-electron chi connectivity index (χ2n) is 4.36. The smallest absolute Gasteiger partial charge is 0.176 e. The van der Waals surface area contributed by atoms with Crippen LogP contribution in [0, 0.1) is 11.8 Å². The maximum absolute atomic E-state index is 5.61. The molecule has 0 aromatic heterocycles. The van der Waals surface area contributed by atoms with Crippen molar-refractivity contribution in [3.63, 3.8) is 0 Å². The number of halogens is 1. The molecule has 1 rings (SSSR count). The lowest BCUT2D eigenvalue weighted by atomic mass is 10.2. The third kappa shape index (κ3) is 5.14. The summed E-state index contributed by atoms with van der Waals surface area (Å²) in [5.74, 6) is 7.08. The van der Waals surface area contributed by atoms with E-state index in [0.717, 1.165) is 16.6 Å². The summed E-state index contributed by atoms with van der Waals surface area (Å²) < 4.78 is 11.9. The van der Waals surface area contributed by atoms with Crippen LogP contribution in [0.2, 0.25) is 0 Å². The van der Waals surface area contributed by atoms with E-state index in [1.54, 1.807) is 14.0 Å². The lowest BCUT2D eigenvalue weighted by Crippen LogP contribution is -2.21. The zero-order valence-electron chi connectivity index (χ0n) is 11.8. The number of ether oxygens (including phenoxy) is 2. The molecule has 0 amide bonds. The Morgan fingerprint density at radius 1 is 1.37 bits per heavy atom. The van der Waals surface area contributed by atoms with Crippen LogP contribution in [0.15, 0.2) is 16.6 Å². The van der Waals surface area contributed by atoms with Crippen molar-refractivity contribution >= 4 is 15.9 Å². The van der Waals surface area contributed by atoms with Gasteiger partial charge in [0.2, 0.25) is 0 Å². The molecule has 3 nitrogen and oxygen atoms in total. The van der Waals surface area contributed by atoms with Gasteiger partial charge in [-0.2, -0.15) is 0 Å². The summed E-state index contributed by atoms with van der Waals surface area (Å²) >= 11 is 3.52. The van der Waals surface area contributed by atoms with Crippen LogP contribution in [-0.2, 0) is 6.54 Å². The minimum Gasteiger partial charge on any atom is -0.493 e. The molecule has 104 valence electrons. The fourth-order valence-electron chi connectivity index (χ4n) is 1.52. The highest BCUT2D eigenvalue weighted by atomic mass is 79.9. The minimum absolute atomic E-state index is 0.356. The highest BCUT2D eigenvalue weighted by molar-refractivity contribution is 9.10. The molecular weight excluding hydrogens is 306 g/mol. The highest BCUT2D eigenvalue weighted by Gasteiger charge is 2.11. The quantitative estimate of drug-likeness (QED) is 0.813. The molecule has 0 aliphatic rings. The van der Waals surface area contributed by atoms with Gasteiger partial charge in [-0.3, -0.25) is 0 Å². The first-order valence-corrected chi connectivity index (χ1v) is 7.00. The van der Waals surface area contributed by atoms with Gasteiger partial charge in [0.15, 0.2) is 11.5 Å². The van der Waals surface area contributed by atoms with Crippen LogP contribution >= 0.6 is 15.9 Å². The van der Waals surface area contributed by atoms with E-state index in [-0.39, 0.29) is 0 Å². The van der Waals surface area contributed by atoms with Gasteiger partial charge in [-0.25, -0.2) is 0 Å². The van der Waals surface area contributed by atoms with E-state index in [4.69, 9.17) is 9.47 Å². The molecule has 1 N–H and O–H groups in total. The molecule has 0 bridgehead atoms. The average molecular weight is 326 g/mol. The monoisotopic (exact) mass is 325 g/mol. The molecular formula is C15H20BrNO2. The van der Waals surface area contributed by atoms with Gasteiger partial charge < -0.3 is 14.8 Å². The van der Waals surface area contributed by atoms with E-state index in [9.17, 15) is 0 Å². The first-order chi connectivity index (χ1) is 9.08. The number of rotatable bonds is 6. The molecule has 0 atom stereocenters. The molecule has 0 saturated carbocycles. The van der Waals surface area contributed by atoms with Crippen LogP contribution in [0.1, 0.15) is 26.3 Å². The Morgan fingerprint density at radius 2 is 2.11 bits per heavy atom.